The summed E-state index contributed by atoms with van der Waals surface area (Å²) in [5.74, 6) is 0.0491. The van der Waals surface area contributed by atoms with Crippen LogP contribution in [0.15, 0.2) is 24.3 Å². The summed E-state index contributed by atoms with van der Waals surface area (Å²) in [5, 5.41) is 9.24. The van der Waals surface area contributed by atoms with E-state index in [1.165, 1.54) is 12.1 Å². The van der Waals surface area contributed by atoms with Crippen LogP contribution < -0.4 is 10.6 Å². The van der Waals surface area contributed by atoms with Gasteiger partial charge in [-0.05, 0) is 56.4 Å². The lowest BCUT2D eigenvalue weighted by molar-refractivity contribution is 0.374. The van der Waals surface area contributed by atoms with Crippen LogP contribution in [0.3, 0.4) is 0 Å². The maximum atomic E-state index is 13.0. The van der Waals surface area contributed by atoms with Crippen LogP contribution in [0.25, 0.3) is 0 Å². The Morgan fingerprint density at radius 2 is 2.15 bits per heavy atom. The molecule has 0 aromatic heterocycles. The first-order valence-corrected chi connectivity index (χ1v) is 7.29. The van der Waals surface area contributed by atoms with Gasteiger partial charge in [-0.15, -0.1) is 0 Å². The van der Waals surface area contributed by atoms with E-state index < -0.39 is 5.54 Å². The molecule has 4 heteroatoms. The zero-order chi connectivity index (χ0) is 14.6. The number of benzene rings is 1. The molecule has 0 spiro atoms. The van der Waals surface area contributed by atoms with E-state index in [0.29, 0.717) is 0 Å². The minimum Gasteiger partial charge on any atom is -0.372 e. The molecule has 0 heterocycles. The van der Waals surface area contributed by atoms with Crippen LogP contribution in [0, 0.1) is 23.1 Å². The summed E-state index contributed by atoms with van der Waals surface area (Å²) in [6.07, 6.45) is 3.79. The van der Waals surface area contributed by atoms with E-state index in [0.717, 1.165) is 44.5 Å². The topological polar surface area (TPSA) is 53.0 Å². The molecule has 2 atom stereocenters. The van der Waals surface area contributed by atoms with Gasteiger partial charge in [0, 0.05) is 18.8 Å². The van der Waals surface area contributed by atoms with Crippen molar-refractivity contribution in [3.63, 3.8) is 0 Å². The number of nitrogens with zero attached hydrogens (tertiary/aromatic N) is 2. The highest BCUT2D eigenvalue weighted by Gasteiger charge is 2.39. The molecule has 1 aliphatic carbocycles. The van der Waals surface area contributed by atoms with Crippen LogP contribution in [0.2, 0.25) is 0 Å². The van der Waals surface area contributed by atoms with Crippen LogP contribution in [0.4, 0.5) is 10.1 Å². The number of anilines is 1. The average Bonchev–Trinajstić information content (AvgIpc) is 2.83. The molecule has 2 unspecified atom stereocenters. The van der Waals surface area contributed by atoms with Gasteiger partial charge in [-0.3, -0.25) is 0 Å². The Morgan fingerprint density at radius 1 is 1.45 bits per heavy atom. The predicted molar refractivity (Wildman–Crippen MR) is 78.8 cm³/mol. The van der Waals surface area contributed by atoms with Crippen LogP contribution >= 0.6 is 0 Å². The summed E-state index contributed by atoms with van der Waals surface area (Å²) in [6, 6.07) is 8.85. The van der Waals surface area contributed by atoms with Crippen molar-refractivity contribution in [3.05, 3.63) is 30.1 Å². The standard InChI is InChI=1S/C16H22FN3/c1-2-20(15-7-5-14(17)6-8-15)11-9-13-4-3-10-16(13,19)12-18/h5-8,13H,2-4,9-11,19H2,1H3. The van der Waals surface area contributed by atoms with Gasteiger partial charge in [0.25, 0.3) is 0 Å². The van der Waals surface area contributed by atoms with Gasteiger partial charge in [-0.25, -0.2) is 4.39 Å². The largest absolute Gasteiger partial charge is 0.372 e. The van der Waals surface area contributed by atoms with Crippen LogP contribution in [0.1, 0.15) is 32.6 Å². The Balaban J connectivity index is 1.98. The second kappa shape index (κ2) is 6.23. The molecule has 20 heavy (non-hydrogen) atoms. The monoisotopic (exact) mass is 275 g/mol. The molecule has 1 aliphatic rings. The van der Waals surface area contributed by atoms with E-state index >= 15 is 0 Å². The highest BCUT2D eigenvalue weighted by molar-refractivity contribution is 5.46. The second-order valence-electron chi connectivity index (χ2n) is 5.59. The molecule has 1 aromatic carbocycles. The van der Waals surface area contributed by atoms with E-state index in [-0.39, 0.29) is 11.7 Å². The van der Waals surface area contributed by atoms with Gasteiger partial charge in [0.05, 0.1) is 6.07 Å². The summed E-state index contributed by atoms with van der Waals surface area (Å²) < 4.78 is 13.0. The van der Waals surface area contributed by atoms with Crippen LogP contribution in [0.5, 0.6) is 0 Å². The molecule has 1 saturated carbocycles. The van der Waals surface area contributed by atoms with Crippen molar-refractivity contribution in [1.29, 1.82) is 5.26 Å². The molecule has 1 fully saturated rings. The number of nitriles is 1. The maximum absolute atomic E-state index is 13.0. The molecule has 108 valence electrons. The van der Waals surface area contributed by atoms with E-state index in [1.54, 1.807) is 12.1 Å². The first kappa shape index (κ1) is 14.8. The SMILES string of the molecule is CCN(CCC1CCCC1(N)C#N)c1ccc(F)cc1. The Labute approximate surface area is 120 Å². The van der Waals surface area contributed by atoms with E-state index in [9.17, 15) is 9.65 Å². The molecule has 2 N–H and O–H groups in total. The Bertz CT molecular complexity index is 479. The van der Waals surface area contributed by atoms with Crippen molar-refractivity contribution >= 4 is 5.69 Å². The highest BCUT2D eigenvalue weighted by atomic mass is 19.1. The normalized spacial score (nSPS) is 25.4. The Morgan fingerprint density at radius 3 is 2.75 bits per heavy atom. The van der Waals surface area contributed by atoms with Gasteiger partial charge in [-0.2, -0.15) is 5.26 Å². The minimum atomic E-state index is -0.651. The van der Waals surface area contributed by atoms with Crippen molar-refractivity contribution in [3.8, 4) is 6.07 Å². The zero-order valence-corrected chi connectivity index (χ0v) is 12.0. The summed E-state index contributed by atoms with van der Waals surface area (Å²) in [7, 11) is 0. The molecule has 0 radical (unpaired) electrons. The third-order valence-corrected chi connectivity index (χ3v) is 4.40. The third kappa shape index (κ3) is 3.10. The fraction of sp³-hybridized carbons (Fsp3) is 0.562. The lowest BCUT2D eigenvalue weighted by Crippen LogP contribution is -2.43. The highest BCUT2D eigenvalue weighted by Crippen LogP contribution is 2.35. The molecule has 0 saturated heterocycles. The van der Waals surface area contributed by atoms with Gasteiger partial charge < -0.3 is 10.6 Å². The zero-order valence-electron chi connectivity index (χ0n) is 12.0. The summed E-state index contributed by atoms with van der Waals surface area (Å²) in [4.78, 5) is 2.20. The summed E-state index contributed by atoms with van der Waals surface area (Å²) >= 11 is 0. The minimum absolute atomic E-state index is 0.217. The number of hydrogen-bond donors (Lipinski definition) is 1. The van der Waals surface area contributed by atoms with Gasteiger partial charge >= 0.3 is 0 Å². The first-order valence-electron chi connectivity index (χ1n) is 7.29. The first-order chi connectivity index (χ1) is 9.59. The molecule has 0 aliphatic heterocycles. The van der Waals surface area contributed by atoms with Gasteiger partial charge in [0.1, 0.15) is 11.4 Å². The Kier molecular flexibility index (Phi) is 4.61. The summed E-state index contributed by atoms with van der Waals surface area (Å²) in [5.41, 5.74) is 6.53. The lowest BCUT2D eigenvalue weighted by Gasteiger charge is -2.28. The predicted octanol–water partition coefficient (Wildman–Crippen LogP) is 3.06. The Hall–Kier alpha value is -1.60. The number of nitrogens with two attached hydrogens (primary N) is 1. The van der Waals surface area contributed by atoms with Crippen LogP contribution in [-0.4, -0.2) is 18.6 Å². The smallest absolute Gasteiger partial charge is 0.123 e. The molecule has 3 nitrogen and oxygen atoms in total. The lowest BCUT2D eigenvalue weighted by atomic mass is 9.87. The molecular formula is C16H22FN3. The number of rotatable bonds is 5. The average molecular weight is 275 g/mol. The second-order valence-corrected chi connectivity index (χ2v) is 5.59. The van der Waals surface area contributed by atoms with Gasteiger partial charge in [0.15, 0.2) is 0 Å². The van der Waals surface area contributed by atoms with Crippen molar-refractivity contribution in [2.75, 3.05) is 18.0 Å². The van der Waals surface area contributed by atoms with E-state index in [1.807, 2.05) is 0 Å². The molecule has 0 amide bonds. The van der Waals surface area contributed by atoms with Crippen molar-refractivity contribution in [2.24, 2.45) is 11.7 Å². The van der Waals surface area contributed by atoms with Gasteiger partial charge in [-0.1, -0.05) is 6.42 Å². The molecule has 2 rings (SSSR count). The van der Waals surface area contributed by atoms with E-state index in [2.05, 4.69) is 17.9 Å². The number of halogens is 1. The quantitative estimate of drug-likeness (QED) is 0.898. The summed E-state index contributed by atoms with van der Waals surface area (Å²) in [6.45, 7) is 3.80. The number of hydrogen-bond acceptors (Lipinski definition) is 3. The van der Waals surface area contributed by atoms with Crippen LogP contribution in [-0.2, 0) is 0 Å². The van der Waals surface area contributed by atoms with Crippen molar-refractivity contribution < 1.29 is 4.39 Å². The molecule has 0 bridgehead atoms. The fourth-order valence-corrected chi connectivity index (χ4v) is 3.09. The molecule has 1 aromatic rings. The van der Waals surface area contributed by atoms with E-state index in [4.69, 9.17) is 5.73 Å². The van der Waals surface area contributed by atoms with Gasteiger partial charge in [0.2, 0.25) is 0 Å². The molecular weight excluding hydrogens is 253 g/mol. The van der Waals surface area contributed by atoms with Crippen molar-refractivity contribution in [2.45, 2.75) is 38.1 Å². The van der Waals surface area contributed by atoms with Crippen molar-refractivity contribution in [1.82, 2.24) is 0 Å². The maximum Gasteiger partial charge on any atom is 0.123 e. The fourth-order valence-electron chi connectivity index (χ4n) is 3.09. The third-order valence-electron chi connectivity index (χ3n) is 4.40.